The van der Waals surface area contributed by atoms with Crippen molar-refractivity contribution in [2.45, 2.75) is 33.2 Å². The van der Waals surface area contributed by atoms with Gasteiger partial charge in [0.1, 0.15) is 6.54 Å². The third-order valence-electron chi connectivity index (χ3n) is 9.49. The molecule has 0 fully saturated rings. The van der Waals surface area contributed by atoms with Crippen molar-refractivity contribution < 1.29 is 4.58 Å². The summed E-state index contributed by atoms with van der Waals surface area (Å²) in [5, 5.41) is 8.89. The molecule has 4 heteroatoms. The summed E-state index contributed by atoms with van der Waals surface area (Å²) in [5.74, 6) is 0. The summed E-state index contributed by atoms with van der Waals surface area (Å²) in [4.78, 5) is 0. The number of hydrogen-bond acceptors (Lipinski definition) is 0. The highest BCUT2D eigenvalue weighted by molar-refractivity contribution is 6.37. The zero-order valence-corrected chi connectivity index (χ0v) is 27.0. The minimum atomic E-state index is 0.776. The number of benzene rings is 5. The maximum atomic E-state index is 6.63. The Hall–Kier alpha value is -4.37. The highest BCUT2D eigenvalue weighted by atomic mass is 35.5. The average molecular weight is 625 g/mol. The molecule has 0 spiro atoms. The Kier molecular flexibility index (Phi) is 7.01. The van der Waals surface area contributed by atoms with Crippen LogP contribution in [0.3, 0.4) is 0 Å². The van der Waals surface area contributed by atoms with Crippen LogP contribution >= 0.6 is 23.2 Å². The minimum Gasteiger partial charge on any atom is -0.341 e. The summed E-state index contributed by atoms with van der Waals surface area (Å²) in [7, 11) is 0. The van der Waals surface area contributed by atoms with Crippen LogP contribution in [0.15, 0.2) is 120 Å². The molecule has 1 aliphatic carbocycles. The predicted molar refractivity (Wildman–Crippen MR) is 193 cm³/mol. The maximum absolute atomic E-state index is 6.63. The second kappa shape index (κ2) is 11.2. The number of aryl methyl sites for hydroxylation is 1. The van der Waals surface area contributed by atoms with Crippen molar-refractivity contribution in [3.8, 4) is 0 Å². The first kappa shape index (κ1) is 28.1. The lowest BCUT2D eigenvalue weighted by Gasteiger charge is -2.08. The van der Waals surface area contributed by atoms with Crippen molar-refractivity contribution in [1.82, 2.24) is 4.57 Å². The second-order valence-electron chi connectivity index (χ2n) is 11.8. The smallest absolute Gasteiger partial charge is 0.215 e. The molecular weight excluding hydrogens is 591 g/mol. The van der Waals surface area contributed by atoms with Crippen molar-refractivity contribution in [3.05, 3.63) is 147 Å². The molecule has 6 aromatic rings. The van der Waals surface area contributed by atoms with E-state index in [2.05, 4.69) is 132 Å². The molecule has 0 saturated heterocycles. The van der Waals surface area contributed by atoms with Gasteiger partial charge in [-0.2, -0.15) is 4.58 Å². The molecular formula is C41H33Cl2N2+. The zero-order valence-electron chi connectivity index (χ0n) is 25.4. The van der Waals surface area contributed by atoms with Crippen LogP contribution in [0.25, 0.3) is 44.1 Å². The van der Waals surface area contributed by atoms with Crippen LogP contribution < -0.4 is 5.35 Å². The largest absolute Gasteiger partial charge is 0.341 e. The third kappa shape index (κ3) is 4.50. The molecule has 2 nitrogen and oxygen atoms in total. The van der Waals surface area contributed by atoms with E-state index < -0.39 is 0 Å². The Labute approximate surface area is 273 Å². The molecule has 0 radical (unpaired) electrons. The van der Waals surface area contributed by atoms with Gasteiger partial charge in [-0.05, 0) is 84.7 Å². The van der Waals surface area contributed by atoms with Crippen LogP contribution in [0.2, 0.25) is 10.0 Å². The van der Waals surface area contributed by atoms with Gasteiger partial charge in [0.25, 0.3) is 0 Å². The van der Waals surface area contributed by atoms with Crippen molar-refractivity contribution >= 4 is 78.7 Å². The van der Waals surface area contributed by atoms with Gasteiger partial charge in [-0.3, -0.25) is 0 Å². The van der Waals surface area contributed by atoms with Gasteiger partial charge in [0.2, 0.25) is 11.4 Å². The molecule has 0 saturated carbocycles. The minimum absolute atomic E-state index is 0.776. The van der Waals surface area contributed by atoms with Gasteiger partial charge in [-0.1, -0.05) is 96.0 Å². The van der Waals surface area contributed by atoms with E-state index in [0.717, 1.165) is 41.4 Å². The molecule has 0 bridgehead atoms. The Morgan fingerprint density at radius 1 is 0.778 bits per heavy atom. The summed E-state index contributed by atoms with van der Waals surface area (Å²) in [6, 6.07) is 32.2. The first-order valence-corrected chi connectivity index (χ1v) is 16.6. The Bertz CT molecular complexity index is 2350. The van der Waals surface area contributed by atoms with Crippen LogP contribution in [0.5, 0.6) is 0 Å². The van der Waals surface area contributed by atoms with Crippen LogP contribution in [-0.4, -0.2) is 21.4 Å². The Morgan fingerprint density at radius 3 is 2.42 bits per heavy atom. The lowest BCUT2D eigenvalue weighted by atomic mass is 9.97. The lowest BCUT2D eigenvalue weighted by Crippen LogP contribution is -2.14. The van der Waals surface area contributed by atoms with Crippen molar-refractivity contribution in [2.24, 2.45) is 0 Å². The summed E-state index contributed by atoms with van der Waals surface area (Å²) < 4.78 is 4.80. The Morgan fingerprint density at radius 2 is 1.60 bits per heavy atom. The normalized spacial score (nSPS) is 16.4. The van der Waals surface area contributed by atoms with Crippen LogP contribution in [-0.2, 0) is 6.54 Å². The fourth-order valence-electron chi connectivity index (χ4n) is 7.57. The fourth-order valence-corrected chi connectivity index (χ4v) is 8.01. The first-order chi connectivity index (χ1) is 22.1. The van der Waals surface area contributed by atoms with Crippen LogP contribution in [0.4, 0.5) is 5.69 Å². The third-order valence-corrected chi connectivity index (χ3v) is 10.0. The van der Waals surface area contributed by atoms with Crippen LogP contribution in [0, 0.1) is 0 Å². The summed E-state index contributed by atoms with van der Waals surface area (Å²) in [5.41, 5.74) is 10.3. The lowest BCUT2D eigenvalue weighted by molar-refractivity contribution is -0.430. The molecule has 5 aromatic carbocycles. The quantitative estimate of drug-likeness (QED) is 0.163. The molecule has 8 rings (SSSR count). The fraction of sp³-hybridized carbons (Fsp3) is 0.146. The maximum Gasteiger partial charge on any atom is 0.215 e. The molecule has 220 valence electrons. The van der Waals surface area contributed by atoms with E-state index in [0.29, 0.717) is 0 Å². The van der Waals surface area contributed by atoms with Gasteiger partial charge >= 0.3 is 0 Å². The molecule has 0 N–H and O–H groups in total. The Balaban J connectivity index is 1.28. The summed E-state index contributed by atoms with van der Waals surface area (Å²) >= 11 is 13.2. The molecule has 2 aliphatic rings. The standard InChI is InChI=1S/C41H33Cl2N2/c1-3-44-36(33-15-9-13-31-34(43)20-23-37(44)41(31)33)22-19-28-17-16-27(39(28)26-10-6-5-7-11-26)18-21-35-32-14-8-12-29-24-30(42)25-38(40(29)32)45(35)4-2/h5-15,18-25H,3-4,16-17H2,1-2H3/q+1. The first-order valence-electron chi connectivity index (χ1n) is 15.8. The predicted octanol–water partition coefficient (Wildman–Crippen LogP) is 10.7. The number of rotatable bonds is 6. The van der Waals surface area contributed by atoms with E-state index in [1.807, 2.05) is 6.07 Å². The van der Waals surface area contributed by atoms with Gasteiger partial charge in [0.15, 0.2) is 0 Å². The van der Waals surface area contributed by atoms with Gasteiger partial charge < -0.3 is 4.57 Å². The van der Waals surface area contributed by atoms with Gasteiger partial charge in [-0.15, -0.1) is 0 Å². The van der Waals surface area contributed by atoms with Gasteiger partial charge in [-0.25, -0.2) is 0 Å². The molecule has 1 aliphatic heterocycles. The molecule has 0 atom stereocenters. The number of halogens is 2. The monoisotopic (exact) mass is 623 g/mol. The van der Waals surface area contributed by atoms with Crippen molar-refractivity contribution in [2.75, 3.05) is 6.54 Å². The average Bonchev–Trinajstić information content (AvgIpc) is 3.71. The summed E-state index contributed by atoms with van der Waals surface area (Å²) in [6.07, 6.45) is 11.4. The topological polar surface area (TPSA) is 7.94 Å². The van der Waals surface area contributed by atoms with E-state index >= 15 is 0 Å². The molecule has 45 heavy (non-hydrogen) atoms. The summed E-state index contributed by atoms with van der Waals surface area (Å²) in [6.45, 7) is 6.19. The van der Waals surface area contributed by atoms with Gasteiger partial charge in [0, 0.05) is 55.8 Å². The van der Waals surface area contributed by atoms with E-state index in [-0.39, 0.29) is 0 Å². The number of allylic oxidation sites excluding steroid dienone is 6. The van der Waals surface area contributed by atoms with Crippen LogP contribution in [0.1, 0.15) is 37.8 Å². The molecule has 1 aromatic heterocycles. The highest BCUT2D eigenvalue weighted by Crippen LogP contribution is 2.41. The number of aromatic nitrogens is 1. The van der Waals surface area contributed by atoms with Gasteiger partial charge in [0.05, 0.1) is 10.9 Å². The zero-order chi connectivity index (χ0) is 30.7. The molecule has 0 amide bonds. The van der Waals surface area contributed by atoms with E-state index in [1.54, 1.807) is 0 Å². The van der Waals surface area contributed by atoms with Crippen molar-refractivity contribution in [3.63, 3.8) is 0 Å². The highest BCUT2D eigenvalue weighted by Gasteiger charge is 2.30. The second-order valence-corrected chi connectivity index (χ2v) is 12.7. The van der Waals surface area contributed by atoms with E-state index in [4.69, 9.17) is 23.2 Å². The molecule has 0 unspecified atom stereocenters. The number of nitrogens with zero attached hydrogens (tertiary/aromatic N) is 2. The molecule has 2 heterocycles. The van der Waals surface area contributed by atoms with E-state index in [1.165, 1.54) is 71.7 Å². The number of hydrogen-bond donors (Lipinski definition) is 0. The SMILES string of the molecule is CCn1/c(=C/C=C2\CCC(/C=C/C3=[N+](CC)c4cc(Cl)cc5cccc3c45)=C2c2ccccc2)c2cccc3c(Cl)ccc1c32. The van der Waals surface area contributed by atoms with E-state index in [9.17, 15) is 0 Å². The van der Waals surface area contributed by atoms with Crippen molar-refractivity contribution in [1.29, 1.82) is 0 Å².